The van der Waals surface area contributed by atoms with E-state index in [-0.39, 0.29) is 11.1 Å². The molecule has 3 aromatic carbocycles. The SMILES string of the molecule is CC(C)(C)[Si](OC1CCN(Cc2ccc(C#N)cc2)CC1)(c1ccccc1)c1ccccc1. The highest BCUT2D eigenvalue weighted by Crippen LogP contribution is 2.38. The standard InChI is InChI=1S/C29H34N2OSi/c1-29(2,3)33(27-10-6-4-7-11-27,28-12-8-5-9-13-28)32-26-18-20-31(21-19-26)23-25-16-14-24(22-30)15-17-25/h4-17,26H,18-21,23H2,1-3H3. The van der Waals surface area contributed by atoms with Crippen LogP contribution in [-0.2, 0) is 11.0 Å². The number of nitrogens with zero attached hydrogens (tertiary/aromatic N) is 2. The first-order chi connectivity index (χ1) is 15.9. The van der Waals surface area contributed by atoms with Gasteiger partial charge >= 0.3 is 0 Å². The van der Waals surface area contributed by atoms with Crippen molar-refractivity contribution in [3.8, 4) is 6.07 Å². The van der Waals surface area contributed by atoms with Gasteiger partial charge in [0.25, 0.3) is 8.32 Å². The molecule has 1 heterocycles. The Morgan fingerprint density at radius 2 is 1.36 bits per heavy atom. The smallest absolute Gasteiger partial charge is 0.261 e. The van der Waals surface area contributed by atoms with Crippen LogP contribution in [0.3, 0.4) is 0 Å². The zero-order valence-electron chi connectivity index (χ0n) is 20.0. The molecule has 3 nitrogen and oxygen atoms in total. The highest BCUT2D eigenvalue weighted by atomic mass is 28.4. The van der Waals surface area contributed by atoms with Crippen LogP contribution in [0.5, 0.6) is 0 Å². The minimum absolute atomic E-state index is 0.00925. The maximum atomic E-state index is 9.02. The quantitative estimate of drug-likeness (QED) is 0.486. The molecule has 33 heavy (non-hydrogen) atoms. The molecule has 0 saturated carbocycles. The molecule has 1 saturated heterocycles. The molecule has 4 heteroatoms. The van der Waals surface area contributed by atoms with Crippen molar-refractivity contribution in [3.05, 3.63) is 96.1 Å². The Hall–Kier alpha value is -2.71. The molecule has 1 fully saturated rings. The van der Waals surface area contributed by atoms with Gasteiger partial charge in [0.05, 0.1) is 11.6 Å². The zero-order valence-corrected chi connectivity index (χ0v) is 21.0. The van der Waals surface area contributed by atoms with Crippen LogP contribution in [0, 0.1) is 11.3 Å². The minimum atomic E-state index is -2.49. The van der Waals surface area contributed by atoms with Crippen molar-refractivity contribution in [2.75, 3.05) is 13.1 Å². The van der Waals surface area contributed by atoms with Crippen molar-refractivity contribution < 1.29 is 4.43 Å². The van der Waals surface area contributed by atoms with Crippen molar-refractivity contribution in [1.29, 1.82) is 5.26 Å². The van der Waals surface area contributed by atoms with Gasteiger partial charge in [-0.2, -0.15) is 5.26 Å². The average molecular weight is 455 g/mol. The molecule has 3 aromatic rings. The molecule has 0 atom stereocenters. The number of piperidine rings is 1. The molecule has 0 aromatic heterocycles. The fourth-order valence-electron chi connectivity index (χ4n) is 5.07. The molecule has 170 valence electrons. The molecular formula is C29H34N2OSi. The normalized spacial score (nSPS) is 15.8. The maximum absolute atomic E-state index is 9.02. The van der Waals surface area contributed by atoms with Gasteiger partial charge in [0.1, 0.15) is 0 Å². The number of hydrogen-bond donors (Lipinski definition) is 0. The van der Waals surface area contributed by atoms with Crippen LogP contribution in [0.25, 0.3) is 0 Å². The van der Waals surface area contributed by atoms with Crippen LogP contribution in [-0.4, -0.2) is 32.4 Å². The second kappa shape index (κ2) is 10.1. The van der Waals surface area contributed by atoms with E-state index in [1.807, 2.05) is 12.1 Å². The fourth-order valence-corrected chi connectivity index (χ4v) is 9.82. The lowest BCUT2D eigenvalue weighted by Gasteiger charge is -2.46. The third-order valence-corrected chi connectivity index (χ3v) is 11.9. The van der Waals surface area contributed by atoms with E-state index in [2.05, 4.69) is 105 Å². The van der Waals surface area contributed by atoms with E-state index in [4.69, 9.17) is 9.69 Å². The van der Waals surface area contributed by atoms with Gasteiger partial charge in [-0.25, -0.2) is 0 Å². The average Bonchev–Trinajstić information content (AvgIpc) is 2.84. The number of likely N-dealkylation sites (tertiary alicyclic amines) is 1. The number of benzene rings is 3. The van der Waals surface area contributed by atoms with Gasteiger partial charge in [0.15, 0.2) is 0 Å². The second-order valence-corrected chi connectivity index (χ2v) is 14.3. The first-order valence-electron chi connectivity index (χ1n) is 11.9. The zero-order chi connectivity index (χ0) is 23.3. The molecule has 1 aliphatic rings. The van der Waals surface area contributed by atoms with Gasteiger partial charge < -0.3 is 4.43 Å². The summed E-state index contributed by atoms with van der Waals surface area (Å²) in [5.74, 6) is 0. The van der Waals surface area contributed by atoms with Crippen LogP contribution >= 0.6 is 0 Å². The van der Waals surface area contributed by atoms with Gasteiger partial charge in [-0.05, 0) is 45.9 Å². The van der Waals surface area contributed by atoms with Crippen LogP contribution < -0.4 is 10.4 Å². The lowest BCUT2D eigenvalue weighted by molar-refractivity contribution is 0.0895. The summed E-state index contributed by atoms with van der Waals surface area (Å²) in [5.41, 5.74) is 1.98. The van der Waals surface area contributed by atoms with Crippen LogP contribution in [0.1, 0.15) is 44.7 Å². The molecule has 4 rings (SSSR count). The number of hydrogen-bond acceptors (Lipinski definition) is 3. The lowest BCUT2D eigenvalue weighted by atomic mass is 10.1. The van der Waals surface area contributed by atoms with Crippen LogP contribution in [0.15, 0.2) is 84.9 Å². The van der Waals surface area contributed by atoms with E-state index < -0.39 is 8.32 Å². The summed E-state index contributed by atoms with van der Waals surface area (Å²) < 4.78 is 7.32. The molecular weight excluding hydrogens is 420 g/mol. The largest absolute Gasteiger partial charge is 0.404 e. The van der Waals surface area contributed by atoms with E-state index in [9.17, 15) is 0 Å². The Kier molecular flexibility index (Phi) is 7.14. The third kappa shape index (κ3) is 5.12. The first-order valence-corrected chi connectivity index (χ1v) is 13.8. The highest BCUT2D eigenvalue weighted by Gasteiger charge is 2.51. The predicted molar refractivity (Wildman–Crippen MR) is 138 cm³/mol. The van der Waals surface area contributed by atoms with E-state index in [0.29, 0.717) is 0 Å². The van der Waals surface area contributed by atoms with Crippen molar-refractivity contribution in [1.82, 2.24) is 4.90 Å². The van der Waals surface area contributed by atoms with Crippen LogP contribution in [0.2, 0.25) is 5.04 Å². The summed E-state index contributed by atoms with van der Waals surface area (Å²) in [6.07, 6.45) is 2.34. The second-order valence-electron chi connectivity index (χ2n) is 10.1. The van der Waals surface area contributed by atoms with E-state index >= 15 is 0 Å². The Balaban J connectivity index is 1.54. The molecule has 0 N–H and O–H groups in total. The molecule has 0 amide bonds. The predicted octanol–water partition coefficient (Wildman–Crippen LogP) is 5.10. The van der Waals surface area contributed by atoms with Gasteiger partial charge in [-0.15, -0.1) is 0 Å². The molecule has 0 unspecified atom stereocenters. The summed E-state index contributed by atoms with van der Waals surface area (Å²) in [7, 11) is -2.49. The van der Waals surface area contributed by atoms with Gasteiger partial charge in [0.2, 0.25) is 0 Å². The lowest BCUT2D eigenvalue weighted by Crippen LogP contribution is -2.68. The van der Waals surface area contributed by atoms with Crippen LogP contribution in [0.4, 0.5) is 0 Å². The first kappa shape index (κ1) is 23.4. The third-order valence-electron chi connectivity index (χ3n) is 6.78. The topological polar surface area (TPSA) is 36.3 Å². The minimum Gasteiger partial charge on any atom is -0.404 e. The monoisotopic (exact) mass is 454 g/mol. The molecule has 0 radical (unpaired) electrons. The van der Waals surface area contributed by atoms with Crippen molar-refractivity contribution >= 4 is 18.7 Å². The van der Waals surface area contributed by atoms with Crippen molar-refractivity contribution in [2.24, 2.45) is 0 Å². The Morgan fingerprint density at radius 3 is 1.82 bits per heavy atom. The van der Waals surface area contributed by atoms with E-state index in [1.165, 1.54) is 15.9 Å². The van der Waals surface area contributed by atoms with Gasteiger partial charge in [-0.3, -0.25) is 4.90 Å². The summed E-state index contributed by atoms with van der Waals surface area (Å²) in [6.45, 7) is 10.0. The van der Waals surface area contributed by atoms with Crippen molar-refractivity contribution in [2.45, 2.75) is 51.3 Å². The maximum Gasteiger partial charge on any atom is 0.261 e. The Bertz CT molecular complexity index is 1020. The fraction of sp³-hybridized carbons (Fsp3) is 0.345. The Labute approximate surface area is 199 Å². The highest BCUT2D eigenvalue weighted by molar-refractivity contribution is 6.99. The van der Waals surface area contributed by atoms with Gasteiger partial charge in [0, 0.05) is 25.7 Å². The van der Waals surface area contributed by atoms with E-state index in [1.54, 1.807) is 0 Å². The summed E-state index contributed by atoms with van der Waals surface area (Å²) in [6, 6.07) is 32.0. The van der Waals surface area contributed by atoms with E-state index in [0.717, 1.165) is 38.0 Å². The number of nitriles is 1. The summed E-state index contributed by atoms with van der Waals surface area (Å²) in [4.78, 5) is 2.51. The van der Waals surface area contributed by atoms with Crippen molar-refractivity contribution in [3.63, 3.8) is 0 Å². The number of rotatable bonds is 6. The molecule has 0 bridgehead atoms. The molecule has 1 aliphatic heterocycles. The molecule has 0 aliphatic carbocycles. The molecule has 0 spiro atoms. The Morgan fingerprint density at radius 1 is 0.848 bits per heavy atom. The van der Waals surface area contributed by atoms with Gasteiger partial charge in [-0.1, -0.05) is 93.6 Å². The summed E-state index contributed by atoms with van der Waals surface area (Å²) in [5, 5.41) is 11.7. The summed E-state index contributed by atoms with van der Waals surface area (Å²) >= 11 is 0.